The molecule has 0 saturated heterocycles. The summed E-state index contributed by atoms with van der Waals surface area (Å²) in [7, 11) is 1.59. The fourth-order valence-electron chi connectivity index (χ4n) is 2.08. The molecular formula is C15H19N3O3. The van der Waals surface area contributed by atoms with Gasteiger partial charge in [-0.2, -0.15) is 0 Å². The van der Waals surface area contributed by atoms with Crippen molar-refractivity contribution in [2.75, 3.05) is 13.7 Å². The van der Waals surface area contributed by atoms with Crippen LogP contribution < -0.4 is 4.74 Å². The summed E-state index contributed by atoms with van der Waals surface area (Å²) < 4.78 is 12.1. The first-order valence-corrected chi connectivity index (χ1v) is 6.85. The Hall–Kier alpha value is -2.37. The van der Waals surface area contributed by atoms with Crippen molar-refractivity contribution in [3.05, 3.63) is 30.0 Å². The Bertz CT molecular complexity index is 635. The Labute approximate surface area is 123 Å². The predicted octanol–water partition coefficient (Wildman–Crippen LogP) is 2.71. The Morgan fingerprint density at radius 2 is 2.05 bits per heavy atom. The van der Waals surface area contributed by atoms with Gasteiger partial charge >= 0.3 is 5.97 Å². The lowest BCUT2D eigenvalue weighted by Gasteiger charge is -2.13. The standard InChI is InChI=1S/C15H19N3O3/c1-5-21-15(19)13-14(18(10(2)3)17-16-13)11-8-6-7-9-12(11)20-4/h6-10H,5H2,1-4H3. The SMILES string of the molecule is CCOC(=O)c1nnn(C(C)C)c1-c1ccccc1OC. The van der Waals surface area contributed by atoms with Crippen molar-refractivity contribution < 1.29 is 14.3 Å². The fourth-order valence-corrected chi connectivity index (χ4v) is 2.08. The topological polar surface area (TPSA) is 66.2 Å². The average molecular weight is 289 g/mol. The van der Waals surface area contributed by atoms with Gasteiger partial charge in [0.25, 0.3) is 0 Å². The first kappa shape index (κ1) is 15.0. The first-order chi connectivity index (χ1) is 10.1. The molecule has 21 heavy (non-hydrogen) atoms. The van der Waals surface area contributed by atoms with Crippen LogP contribution in [0.1, 0.15) is 37.3 Å². The number of benzene rings is 1. The van der Waals surface area contributed by atoms with Gasteiger partial charge in [-0.3, -0.25) is 0 Å². The molecule has 112 valence electrons. The summed E-state index contributed by atoms with van der Waals surface area (Å²) in [6.07, 6.45) is 0. The van der Waals surface area contributed by atoms with Crippen molar-refractivity contribution in [3.8, 4) is 17.0 Å². The Morgan fingerprint density at radius 1 is 1.33 bits per heavy atom. The molecule has 2 aromatic rings. The molecule has 0 aliphatic carbocycles. The molecule has 0 atom stereocenters. The fraction of sp³-hybridized carbons (Fsp3) is 0.400. The molecule has 0 amide bonds. The number of aromatic nitrogens is 3. The van der Waals surface area contributed by atoms with Crippen molar-refractivity contribution in [1.29, 1.82) is 0 Å². The second kappa shape index (κ2) is 6.39. The summed E-state index contributed by atoms with van der Waals surface area (Å²) in [6.45, 7) is 6.00. The lowest BCUT2D eigenvalue weighted by atomic mass is 10.1. The van der Waals surface area contributed by atoms with E-state index in [9.17, 15) is 4.79 Å². The first-order valence-electron chi connectivity index (χ1n) is 6.85. The molecule has 0 fully saturated rings. The van der Waals surface area contributed by atoms with E-state index in [4.69, 9.17) is 9.47 Å². The minimum atomic E-state index is -0.481. The predicted molar refractivity (Wildman–Crippen MR) is 78.4 cm³/mol. The molecule has 1 heterocycles. The molecule has 0 bridgehead atoms. The number of esters is 1. The van der Waals surface area contributed by atoms with E-state index in [0.717, 1.165) is 5.56 Å². The van der Waals surface area contributed by atoms with Crippen molar-refractivity contribution in [1.82, 2.24) is 15.0 Å². The highest BCUT2D eigenvalue weighted by molar-refractivity contribution is 5.95. The van der Waals surface area contributed by atoms with Gasteiger partial charge in [0.1, 0.15) is 11.4 Å². The smallest absolute Gasteiger partial charge is 0.361 e. The van der Waals surface area contributed by atoms with Crippen LogP contribution in [-0.4, -0.2) is 34.7 Å². The van der Waals surface area contributed by atoms with Crippen molar-refractivity contribution in [2.45, 2.75) is 26.8 Å². The zero-order chi connectivity index (χ0) is 15.4. The van der Waals surface area contributed by atoms with E-state index in [1.54, 1.807) is 18.7 Å². The van der Waals surface area contributed by atoms with Gasteiger partial charge in [-0.1, -0.05) is 17.3 Å². The molecule has 1 aromatic heterocycles. The number of carbonyl (C=O) groups is 1. The van der Waals surface area contributed by atoms with Gasteiger partial charge in [0.05, 0.1) is 13.7 Å². The minimum absolute atomic E-state index is 0.0561. The van der Waals surface area contributed by atoms with Crippen LogP contribution in [-0.2, 0) is 4.74 Å². The number of para-hydroxylation sites is 1. The zero-order valence-electron chi connectivity index (χ0n) is 12.7. The lowest BCUT2D eigenvalue weighted by Crippen LogP contribution is -2.10. The number of methoxy groups -OCH3 is 1. The highest BCUT2D eigenvalue weighted by Crippen LogP contribution is 2.33. The van der Waals surface area contributed by atoms with Gasteiger partial charge in [-0.15, -0.1) is 5.10 Å². The van der Waals surface area contributed by atoms with Gasteiger partial charge in [0, 0.05) is 11.6 Å². The maximum absolute atomic E-state index is 12.1. The maximum atomic E-state index is 12.1. The summed E-state index contributed by atoms with van der Waals surface area (Å²) >= 11 is 0. The van der Waals surface area contributed by atoms with Crippen LogP contribution in [0, 0.1) is 0 Å². The molecule has 6 nitrogen and oxygen atoms in total. The van der Waals surface area contributed by atoms with Crippen LogP contribution in [0.25, 0.3) is 11.3 Å². The molecule has 6 heteroatoms. The minimum Gasteiger partial charge on any atom is -0.496 e. The third-order valence-electron chi connectivity index (χ3n) is 3.01. The normalized spacial score (nSPS) is 10.7. The average Bonchev–Trinajstić information content (AvgIpc) is 2.92. The van der Waals surface area contributed by atoms with Crippen molar-refractivity contribution in [3.63, 3.8) is 0 Å². The van der Waals surface area contributed by atoms with Gasteiger partial charge in [-0.05, 0) is 32.9 Å². The summed E-state index contributed by atoms with van der Waals surface area (Å²) in [5, 5.41) is 8.07. The van der Waals surface area contributed by atoms with E-state index in [0.29, 0.717) is 18.1 Å². The third-order valence-corrected chi connectivity index (χ3v) is 3.01. The van der Waals surface area contributed by atoms with E-state index in [-0.39, 0.29) is 11.7 Å². The number of ether oxygens (including phenoxy) is 2. The quantitative estimate of drug-likeness (QED) is 0.792. The Kier molecular flexibility index (Phi) is 4.57. The number of rotatable bonds is 5. The van der Waals surface area contributed by atoms with Crippen LogP contribution in [0.3, 0.4) is 0 Å². The monoisotopic (exact) mass is 289 g/mol. The number of hydrogen-bond donors (Lipinski definition) is 0. The second-order valence-corrected chi connectivity index (χ2v) is 4.75. The van der Waals surface area contributed by atoms with Crippen LogP contribution >= 0.6 is 0 Å². The van der Waals surface area contributed by atoms with Crippen molar-refractivity contribution in [2.24, 2.45) is 0 Å². The highest BCUT2D eigenvalue weighted by atomic mass is 16.5. The second-order valence-electron chi connectivity index (χ2n) is 4.75. The maximum Gasteiger partial charge on any atom is 0.361 e. The molecular weight excluding hydrogens is 270 g/mol. The zero-order valence-corrected chi connectivity index (χ0v) is 12.7. The number of hydrogen-bond acceptors (Lipinski definition) is 5. The molecule has 0 saturated carbocycles. The molecule has 0 aliphatic rings. The molecule has 0 spiro atoms. The molecule has 1 aromatic carbocycles. The summed E-state index contributed by atoms with van der Waals surface area (Å²) in [5.41, 5.74) is 1.58. The van der Waals surface area contributed by atoms with E-state index in [2.05, 4.69) is 10.3 Å². The molecule has 0 N–H and O–H groups in total. The van der Waals surface area contributed by atoms with E-state index >= 15 is 0 Å². The van der Waals surface area contributed by atoms with E-state index in [1.807, 2.05) is 38.1 Å². The van der Waals surface area contributed by atoms with Crippen LogP contribution in [0.2, 0.25) is 0 Å². The Balaban J connectivity index is 2.64. The van der Waals surface area contributed by atoms with Gasteiger partial charge in [-0.25, -0.2) is 9.48 Å². The van der Waals surface area contributed by atoms with E-state index in [1.165, 1.54) is 0 Å². The molecule has 2 rings (SSSR count). The summed E-state index contributed by atoms with van der Waals surface area (Å²) in [5.74, 6) is 0.178. The summed E-state index contributed by atoms with van der Waals surface area (Å²) in [4.78, 5) is 12.1. The van der Waals surface area contributed by atoms with E-state index < -0.39 is 5.97 Å². The van der Waals surface area contributed by atoms with Gasteiger partial charge in [0.2, 0.25) is 0 Å². The Morgan fingerprint density at radius 3 is 2.67 bits per heavy atom. The summed E-state index contributed by atoms with van der Waals surface area (Å²) in [6, 6.07) is 7.52. The highest BCUT2D eigenvalue weighted by Gasteiger charge is 2.25. The van der Waals surface area contributed by atoms with Gasteiger partial charge < -0.3 is 9.47 Å². The largest absolute Gasteiger partial charge is 0.496 e. The van der Waals surface area contributed by atoms with Crippen molar-refractivity contribution >= 4 is 5.97 Å². The van der Waals surface area contributed by atoms with Crippen LogP contribution in [0.15, 0.2) is 24.3 Å². The molecule has 0 aliphatic heterocycles. The number of nitrogens with zero attached hydrogens (tertiary/aromatic N) is 3. The number of carbonyl (C=O) groups excluding carboxylic acids is 1. The van der Waals surface area contributed by atoms with Crippen LogP contribution in [0.4, 0.5) is 0 Å². The molecule has 0 unspecified atom stereocenters. The lowest BCUT2D eigenvalue weighted by molar-refractivity contribution is 0.0520. The third kappa shape index (κ3) is 2.89. The van der Waals surface area contributed by atoms with Crippen LogP contribution in [0.5, 0.6) is 5.75 Å². The van der Waals surface area contributed by atoms with Gasteiger partial charge in [0.15, 0.2) is 5.69 Å². The molecule has 0 radical (unpaired) electrons.